The Balaban J connectivity index is 1.92. The van der Waals surface area contributed by atoms with Gasteiger partial charge >= 0.3 is 0 Å². The van der Waals surface area contributed by atoms with Gasteiger partial charge in [0, 0.05) is 32.1 Å². The van der Waals surface area contributed by atoms with Gasteiger partial charge in [0.25, 0.3) is 0 Å². The zero-order chi connectivity index (χ0) is 18.4. The SMILES string of the molecule is COc1ccc(S(=O)(=O)NCCC(=O)N2CCC(CN)C2)cc1OC. The van der Waals surface area contributed by atoms with Gasteiger partial charge in [-0.05, 0) is 31.0 Å². The number of amides is 1. The van der Waals surface area contributed by atoms with E-state index < -0.39 is 10.0 Å². The number of benzene rings is 1. The van der Waals surface area contributed by atoms with Gasteiger partial charge in [0.2, 0.25) is 15.9 Å². The lowest BCUT2D eigenvalue weighted by molar-refractivity contribution is -0.130. The highest BCUT2D eigenvalue weighted by molar-refractivity contribution is 7.89. The number of hydrogen-bond donors (Lipinski definition) is 2. The third-order valence-corrected chi connectivity index (χ3v) is 5.73. The lowest BCUT2D eigenvalue weighted by Gasteiger charge is -2.16. The van der Waals surface area contributed by atoms with Crippen molar-refractivity contribution in [2.75, 3.05) is 40.4 Å². The molecule has 1 aromatic carbocycles. The molecule has 1 fully saturated rings. The summed E-state index contributed by atoms with van der Waals surface area (Å²) in [4.78, 5) is 13.9. The van der Waals surface area contributed by atoms with Gasteiger partial charge in [-0.15, -0.1) is 0 Å². The Labute approximate surface area is 148 Å². The summed E-state index contributed by atoms with van der Waals surface area (Å²) in [5.74, 6) is 1.05. The first-order chi connectivity index (χ1) is 11.9. The summed E-state index contributed by atoms with van der Waals surface area (Å²) >= 11 is 0. The zero-order valence-corrected chi connectivity index (χ0v) is 15.3. The summed E-state index contributed by atoms with van der Waals surface area (Å²) in [7, 11) is -0.818. The van der Waals surface area contributed by atoms with Gasteiger partial charge in [-0.2, -0.15) is 0 Å². The molecule has 0 saturated carbocycles. The Morgan fingerprint density at radius 2 is 2.04 bits per heavy atom. The minimum absolute atomic E-state index is 0.0410. The van der Waals surface area contributed by atoms with Gasteiger partial charge in [0.05, 0.1) is 19.1 Å². The van der Waals surface area contributed by atoms with E-state index in [-0.39, 0.29) is 23.8 Å². The molecule has 8 nitrogen and oxygen atoms in total. The van der Waals surface area contributed by atoms with E-state index in [1.54, 1.807) is 4.90 Å². The van der Waals surface area contributed by atoms with E-state index in [9.17, 15) is 13.2 Å². The second-order valence-corrected chi connectivity index (χ2v) is 7.66. The summed E-state index contributed by atoms with van der Waals surface area (Å²) in [5.41, 5.74) is 5.61. The number of hydrogen-bond acceptors (Lipinski definition) is 6. The molecule has 1 aliphatic rings. The van der Waals surface area contributed by atoms with Crippen LogP contribution < -0.4 is 19.9 Å². The van der Waals surface area contributed by atoms with E-state index in [1.807, 2.05) is 0 Å². The maximum Gasteiger partial charge on any atom is 0.240 e. The van der Waals surface area contributed by atoms with Crippen molar-refractivity contribution in [1.82, 2.24) is 9.62 Å². The summed E-state index contributed by atoms with van der Waals surface area (Å²) in [6, 6.07) is 4.34. The number of carbonyl (C=O) groups excluding carboxylic acids is 1. The molecule has 1 aliphatic heterocycles. The van der Waals surface area contributed by atoms with Gasteiger partial charge in [-0.25, -0.2) is 13.1 Å². The van der Waals surface area contributed by atoms with Gasteiger partial charge in [0.1, 0.15) is 0 Å². The molecule has 0 aromatic heterocycles. The first-order valence-corrected chi connectivity index (χ1v) is 9.59. The summed E-state index contributed by atoms with van der Waals surface area (Å²) in [5, 5.41) is 0. The van der Waals surface area contributed by atoms with Crippen LogP contribution in [0, 0.1) is 5.92 Å². The monoisotopic (exact) mass is 371 g/mol. The van der Waals surface area contributed by atoms with Crippen molar-refractivity contribution in [3.05, 3.63) is 18.2 Å². The van der Waals surface area contributed by atoms with Gasteiger partial charge in [0.15, 0.2) is 11.5 Å². The molecule has 1 unspecified atom stereocenters. The molecular formula is C16H25N3O5S. The second-order valence-electron chi connectivity index (χ2n) is 5.89. The second kappa shape index (κ2) is 8.50. The lowest BCUT2D eigenvalue weighted by atomic mass is 10.1. The fourth-order valence-corrected chi connectivity index (χ4v) is 3.82. The first kappa shape index (κ1) is 19.5. The molecule has 9 heteroatoms. The number of carbonyl (C=O) groups is 1. The number of nitrogens with zero attached hydrogens (tertiary/aromatic N) is 1. The maximum atomic E-state index is 12.4. The van der Waals surface area contributed by atoms with Crippen LogP contribution in [-0.2, 0) is 14.8 Å². The van der Waals surface area contributed by atoms with E-state index in [4.69, 9.17) is 15.2 Å². The van der Waals surface area contributed by atoms with E-state index in [1.165, 1.54) is 32.4 Å². The third kappa shape index (κ3) is 4.83. The van der Waals surface area contributed by atoms with E-state index in [2.05, 4.69) is 4.72 Å². The molecule has 1 aromatic rings. The van der Waals surface area contributed by atoms with Gasteiger partial charge < -0.3 is 20.1 Å². The minimum Gasteiger partial charge on any atom is -0.493 e. The average Bonchev–Trinajstić information content (AvgIpc) is 3.10. The number of nitrogens with one attached hydrogen (secondary N) is 1. The number of ether oxygens (including phenoxy) is 2. The van der Waals surface area contributed by atoms with Crippen molar-refractivity contribution in [2.24, 2.45) is 11.7 Å². The number of nitrogens with two attached hydrogens (primary N) is 1. The molecule has 25 heavy (non-hydrogen) atoms. The van der Waals surface area contributed by atoms with Crippen LogP contribution in [0.25, 0.3) is 0 Å². The van der Waals surface area contributed by atoms with Crippen molar-refractivity contribution in [3.8, 4) is 11.5 Å². The fraction of sp³-hybridized carbons (Fsp3) is 0.562. The zero-order valence-electron chi connectivity index (χ0n) is 14.5. The van der Waals surface area contributed by atoms with Crippen molar-refractivity contribution in [2.45, 2.75) is 17.7 Å². The highest BCUT2D eigenvalue weighted by Crippen LogP contribution is 2.29. The quantitative estimate of drug-likeness (QED) is 0.674. The summed E-state index contributed by atoms with van der Waals surface area (Å²) < 4.78 is 37.4. The van der Waals surface area contributed by atoms with Crippen molar-refractivity contribution in [1.29, 1.82) is 0 Å². The Kier molecular flexibility index (Phi) is 6.63. The number of rotatable bonds is 8. The molecule has 3 N–H and O–H groups in total. The normalized spacial score (nSPS) is 17.6. The van der Waals surface area contributed by atoms with E-state index >= 15 is 0 Å². The molecule has 1 amide bonds. The number of methoxy groups -OCH3 is 2. The predicted molar refractivity (Wildman–Crippen MR) is 93.1 cm³/mol. The fourth-order valence-electron chi connectivity index (χ4n) is 2.77. The van der Waals surface area contributed by atoms with Crippen LogP contribution >= 0.6 is 0 Å². The Bertz CT molecular complexity index is 708. The third-order valence-electron chi connectivity index (χ3n) is 4.27. The molecule has 0 radical (unpaired) electrons. The molecule has 0 bridgehead atoms. The highest BCUT2D eigenvalue weighted by Gasteiger charge is 2.25. The van der Waals surface area contributed by atoms with E-state index in [0.717, 1.165) is 6.42 Å². The highest BCUT2D eigenvalue weighted by atomic mass is 32.2. The predicted octanol–water partition coefficient (Wildman–Crippen LogP) is 0.179. The largest absolute Gasteiger partial charge is 0.493 e. The Hall–Kier alpha value is -1.84. The lowest BCUT2D eigenvalue weighted by Crippen LogP contribution is -2.33. The van der Waals surface area contributed by atoms with Crippen LogP contribution in [0.3, 0.4) is 0 Å². The van der Waals surface area contributed by atoms with Crippen LogP contribution in [0.2, 0.25) is 0 Å². The van der Waals surface area contributed by atoms with Crippen LogP contribution in [0.4, 0.5) is 0 Å². The van der Waals surface area contributed by atoms with Crippen LogP contribution in [0.15, 0.2) is 23.1 Å². The first-order valence-electron chi connectivity index (χ1n) is 8.10. The van der Waals surface area contributed by atoms with Gasteiger partial charge in [-0.1, -0.05) is 0 Å². The molecule has 0 spiro atoms. The molecule has 1 saturated heterocycles. The summed E-state index contributed by atoms with van der Waals surface area (Å²) in [6.45, 7) is 1.94. The molecule has 140 valence electrons. The minimum atomic E-state index is -3.73. The Morgan fingerprint density at radius 3 is 2.64 bits per heavy atom. The standard InChI is InChI=1S/C16H25N3O5S/c1-23-14-4-3-13(9-15(14)24-2)25(21,22)18-7-5-16(20)19-8-6-12(10-17)11-19/h3-4,9,12,18H,5-8,10-11,17H2,1-2H3. The van der Waals surface area contributed by atoms with Crippen LogP contribution in [0.1, 0.15) is 12.8 Å². The Morgan fingerprint density at radius 1 is 1.32 bits per heavy atom. The smallest absolute Gasteiger partial charge is 0.240 e. The van der Waals surface area contributed by atoms with Crippen molar-refractivity contribution in [3.63, 3.8) is 0 Å². The number of sulfonamides is 1. The molecule has 2 rings (SSSR count). The maximum absolute atomic E-state index is 12.4. The molecule has 1 atom stereocenters. The summed E-state index contributed by atoms with van der Waals surface area (Å²) in [6.07, 6.45) is 1.02. The topological polar surface area (TPSA) is 111 Å². The van der Waals surface area contributed by atoms with Crippen molar-refractivity contribution < 1.29 is 22.7 Å². The molecule has 0 aliphatic carbocycles. The van der Waals surface area contributed by atoms with Crippen LogP contribution in [0.5, 0.6) is 11.5 Å². The van der Waals surface area contributed by atoms with Gasteiger partial charge in [-0.3, -0.25) is 4.79 Å². The molecule has 1 heterocycles. The van der Waals surface area contributed by atoms with Crippen molar-refractivity contribution >= 4 is 15.9 Å². The van der Waals surface area contributed by atoms with E-state index in [0.29, 0.717) is 37.1 Å². The number of likely N-dealkylation sites (tertiary alicyclic amines) is 1. The van der Waals surface area contributed by atoms with Crippen LogP contribution in [-0.4, -0.2) is 59.6 Å². The average molecular weight is 371 g/mol. The molecular weight excluding hydrogens is 346 g/mol.